The Morgan fingerprint density at radius 2 is 0.960 bits per heavy atom. The van der Waals surface area contributed by atoms with E-state index < -0.39 is 65.5 Å². The van der Waals surface area contributed by atoms with Crippen LogP contribution in [0.3, 0.4) is 0 Å². The number of nitrogens with one attached hydrogen (secondary N) is 2. The molecule has 6 aromatic rings. The van der Waals surface area contributed by atoms with Gasteiger partial charge in [0.15, 0.2) is 0 Å². The SMILES string of the molecule is COc1nn(C)cc1C(=O)NS1(=O)=NC(=O)c2ccc3c(c2)N(C[C@@H]2CC[C@H]2[C@@](O)(CC(=O)N2CC(N4CCOCC4)C2)/C=C/C[C@H](C)C1)C[C@@]1(CCCc2cc(Cl)ccc21)CO3.COc1nn(C)cc1C(=O)NS1(=O)=NC(=O)c2ccc3c(c2)N(C[C@@H]2CC[C@H]2[C@](O)(CC(=O)N2CC(N4CCOCC4)C2)/C=C/C[C@H](C)C1)C[C@@]1(CCCc2cc(Cl)ccc21)CO3. The maximum Gasteiger partial charge on any atom is 0.286 e. The average molecular weight is 1810 g/mol. The summed E-state index contributed by atoms with van der Waals surface area (Å²) in [7, 11) is -1.46. The molecule has 4 saturated heterocycles. The van der Waals surface area contributed by atoms with Crippen molar-refractivity contribution in [3.8, 4) is 23.3 Å². The highest BCUT2D eigenvalue weighted by Gasteiger charge is 2.53. The predicted molar refractivity (Wildman–Crippen MR) is 477 cm³/mol. The Labute approximate surface area is 746 Å². The van der Waals surface area contributed by atoms with Gasteiger partial charge in [0.1, 0.15) is 42.5 Å². The molecule has 4 bridgehead atoms. The van der Waals surface area contributed by atoms with E-state index >= 15 is 0 Å². The fourth-order valence-corrected chi connectivity index (χ4v) is 25.6. The molecule has 2 unspecified atom stereocenters. The zero-order valence-corrected chi connectivity index (χ0v) is 75.7. The van der Waals surface area contributed by atoms with E-state index in [1.54, 1.807) is 62.6 Å². The molecular formula is C92H116Cl2N14O16S2. The number of rotatable bonds is 12. The van der Waals surface area contributed by atoms with Gasteiger partial charge in [-0.3, -0.25) is 57.4 Å². The van der Waals surface area contributed by atoms with Gasteiger partial charge in [-0.2, -0.15) is 0 Å². The second kappa shape index (κ2) is 36.5. The van der Waals surface area contributed by atoms with Gasteiger partial charge in [-0.15, -0.1) is 18.9 Å². The number of methoxy groups -OCH3 is 2. The maximum atomic E-state index is 14.9. The van der Waals surface area contributed by atoms with Crippen molar-refractivity contribution < 1.29 is 75.8 Å². The highest BCUT2D eigenvalue weighted by Crippen LogP contribution is 2.53. The maximum absolute atomic E-state index is 14.9. The van der Waals surface area contributed by atoms with Gasteiger partial charge in [-0.05, 0) is 195 Å². The lowest BCUT2D eigenvalue weighted by Crippen LogP contribution is -2.63. The van der Waals surface area contributed by atoms with Crippen LogP contribution in [0.2, 0.25) is 10.0 Å². The minimum atomic E-state index is -3.75. The summed E-state index contributed by atoms with van der Waals surface area (Å²) < 4.78 is 81.5. The molecule has 2 aromatic heterocycles. The molecule has 18 rings (SSSR count). The molecule has 676 valence electrons. The van der Waals surface area contributed by atoms with Crippen molar-refractivity contribution >= 4 is 89.8 Å². The molecule has 0 radical (unpaired) electrons. The summed E-state index contributed by atoms with van der Waals surface area (Å²) in [5.41, 5.74) is 2.98. The van der Waals surface area contributed by atoms with E-state index in [0.717, 1.165) is 90.4 Å². The number of hydrogen-bond donors (Lipinski definition) is 4. The summed E-state index contributed by atoms with van der Waals surface area (Å²) in [6.45, 7) is 15.5. The van der Waals surface area contributed by atoms with Crippen LogP contribution >= 0.6 is 23.2 Å². The highest BCUT2D eigenvalue weighted by atomic mass is 35.5. The zero-order chi connectivity index (χ0) is 88.2. The van der Waals surface area contributed by atoms with Crippen molar-refractivity contribution in [1.29, 1.82) is 0 Å². The molecule has 126 heavy (non-hydrogen) atoms. The molecule has 12 atom stereocenters. The Morgan fingerprint density at radius 1 is 0.556 bits per heavy atom. The first-order chi connectivity index (χ1) is 60.5. The number of fused-ring (bicyclic) bond motifs is 8. The van der Waals surface area contributed by atoms with E-state index in [4.69, 9.17) is 51.6 Å². The average Bonchev–Trinajstić information content (AvgIpc) is 1.55. The van der Waals surface area contributed by atoms with Crippen molar-refractivity contribution in [2.24, 2.45) is 58.3 Å². The molecule has 10 heterocycles. The summed E-state index contributed by atoms with van der Waals surface area (Å²) in [5.74, 6) is -3.29. The Morgan fingerprint density at radius 3 is 1.34 bits per heavy atom. The van der Waals surface area contributed by atoms with Gasteiger partial charge in [0, 0.05) is 149 Å². The molecule has 34 heteroatoms. The highest BCUT2D eigenvalue weighted by molar-refractivity contribution is 7.92. The Bertz CT molecular complexity index is 5180. The normalized spacial score (nSPS) is 30.7. The van der Waals surface area contributed by atoms with Gasteiger partial charge in [0.25, 0.3) is 23.6 Å². The second-order valence-corrected chi connectivity index (χ2v) is 42.1. The van der Waals surface area contributed by atoms with E-state index in [9.17, 15) is 47.4 Å². The van der Waals surface area contributed by atoms with Crippen molar-refractivity contribution in [2.45, 2.75) is 138 Å². The summed E-state index contributed by atoms with van der Waals surface area (Å²) in [6.07, 6.45) is 19.5. The lowest BCUT2D eigenvalue weighted by atomic mass is 9.63. The Balaban J connectivity index is 0.000000178. The minimum absolute atomic E-state index is 0.0222. The molecule has 6 amide bonds. The van der Waals surface area contributed by atoms with Crippen LogP contribution in [-0.4, -0.2) is 260 Å². The lowest BCUT2D eigenvalue weighted by Gasteiger charge is -2.50. The van der Waals surface area contributed by atoms with Crippen molar-refractivity contribution in [3.05, 3.63) is 164 Å². The number of allylic oxidation sites excluding steroid dienone is 2. The smallest absolute Gasteiger partial charge is 0.286 e. The van der Waals surface area contributed by atoms with E-state index in [1.807, 2.05) is 47.9 Å². The monoisotopic (exact) mass is 1810 g/mol. The van der Waals surface area contributed by atoms with Crippen LogP contribution < -0.4 is 38.2 Å². The van der Waals surface area contributed by atoms with E-state index in [2.05, 4.69) is 72.2 Å². The summed E-state index contributed by atoms with van der Waals surface area (Å²) >= 11 is 13.0. The third-order valence-electron chi connectivity index (χ3n) is 28.4. The van der Waals surface area contributed by atoms with Gasteiger partial charge in [0.2, 0.25) is 23.6 Å². The summed E-state index contributed by atoms with van der Waals surface area (Å²) in [6, 6.07) is 23.1. The lowest BCUT2D eigenvalue weighted by molar-refractivity contribution is -0.149. The van der Waals surface area contributed by atoms with Gasteiger partial charge in [-0.25, -0.2) is 8.42 Å². The van der Waals surface area contributed by atoms with Crippen molar-refractivity contribution in [3.63, 3.8) is 0 Å². The first-order valence-electron chi connectivity index (χ1n) is 44.5. The molecule has 6 fully saturated rings. The number of halogens is 2. The number of morpholine rings is 2. The van der Waals surface area contributed by atoms with Crippen LogP contribution in [0.15, 0.2) is 118 Å². The summed E-state index contributed by atoms with van der Waals surface area (Å²) in [4.78, 5) is 97.2. The third-order valence-corrected chi connectivity index (χ3v) is 32.8. The van der Waals surface area contributed by atoms with Gasteiger partial charge >= 0.3 is 0 Å². The zero-order valence-electron chi connectivity index (χ0n) is 72.6. The van der Waals surface area contributed by atoms with E-state index in [-0.39, 0.29) is 118 Å². The quantitative estimate of drug-likeness (QED) is 0.0828. The number of aromatic nitrogens is 4. The molecule has 8 aliphatic heterocycles. The van der Waals surface area contributed by atoms with Crippen LogP contribution in [0.1, 0.15) is 155 Å². The van der Waals surface area contributed by atoms with Crippen molar-refractivity contribution in [1.82, 2.24) is 48.6 Å². The van der Waals surface area contributed by atoms with Crippen LogP contribution in [0.25, 0.3) is 0 Å². The van der Waals surface area contributed by atoms with Crippen LogP contribution in [0.4, 0.5) is 11.4 Å². The number of hydrogen-bond acceptors (Lipinski definition) is 22. The number of carbonyl (C=O) groups excluding carboxylic acids is 6. The fraction of sp³-hybridized carbons (Fsp3) is 0.565. The number of benzene rings is 4. The Kier molecular flexibility index (Phi) is 25.8. The van der Waals surface area contributed by atoms with Crippen molar-refractivity contribution in [2.75, 3.05) is 154 Å². The largest absolute Gasteiger partial charge is 0.490 e. The molecule has 2 spiro atoms. The van der Waals surface area contributed by atoms with Crippen LogP contribution in [-0.2, 0) is 76.7 Å². The Hall–Kier alpha value is -8.96. The summed E-state index contributed by atoms with van der Waals surface area (Å²) in [5, 5.41) is 35.4. The molecular weight excluding hydrogens is 1690 g/mol. The first kappa shape index (κ1) is 89.0. The third kappa shape index (κ3) is 18.7. The molecule has 12 aliphatic rings. The number of aryl methyl sites for hydroxylation is 4. The number of carbonyl (C=O) groups is 6. The van der Waals surface area contributed by atoms with Gasteiger partial charge in [-0.1, -0.05) is 73.5 Å². The molecule has 30 nitrogen and oxygen atoms in total. The first-order valence-corrected chi connectivity index (χ1v) is 48.6. The fourth-order valence-electron chi connectivity index (χ4n) is 21.4. The van der Waals surface area contributed by atoms with Gasteiger partial charge < -0.3 is 58.2 Å². The topological polar surface area (TPSA) is 336 Å². The number of aliphatic hydroxyl groups is 2. The molecule has 4 aromatic carbocycles. The molecule has 2 saturated carbocycles. The van der Waals surface area contributed by atoms with E-state index in [0.29, 0.717) is 138 Å². The number of anilines is 2. The van der Waals surface area contributed by atoms with Crippen LogP contribution in [0.5, 0.6) is 23.3 Å². The second-order valence-electron chi connectivity index (χ2n) is 37.2. The molecule has 4 aliphatic carbocycles. The number of likely N-dealkylation sites (tertiary alicyclic amines) is 2. The number of amides is 6. The number of nitrogens with zero attached hydrogens (tertiary/aromatic N) is 12. The van der Waals surface area contributed by atoms with Crippen LogP contribution in [0, 0.1) is 35.5 Å². The van der Waals surface area contributed by atoms with E-state index in [1.165, 1.54) is 58.2 Å². The number of ether oxygens (including phenoxy) is 6. The molecule has 4 N–H and O–H groups in total. The van der Waals surface area contributed by atoms with Gasteiger partial charge in [0.05, 0.1) is 101 Å². The standard InChI is InChI=1S/2C46H58ClN7O8S/c2*1-30-6-4-15-46(58,22-41(55)53-24-35(25-53)52-16-18-61-19-17-52)38-11-8-33(38)23-54-28-45(14-5-7-31-20-34(47)10-12-37(31)45)29-62-40-13-9-32(21-39(40)54)42(56)49-63(59,27-30)50-43(57)36-26-51(2)48-44(36)60-3/h2*4,9-10,12-13,15,20-21,26,30,33,35,38,58H,5-8,11,14,16-19,22-25,27-29H2,1-3H3,(H,49,50,56,57,59)/b2*15-4+/t30-,33-,38+,45-,46+,63?;30-,33-,38+,45-,46-,63?/m00/s1. The predicted octanol–water partition coefficient (Wildman–Crippen LogP) is 9.59. The minimum Gasteiger partial charge on any atom is -0.490 e.